The number of hydrogen-bond donors (Lipinski definition) is 2. The maximum absolute atomic E-state index is 12.6. The van der Waals surface area contributed by atoms with E-state index < -0.39 is 11.7 Å². The van der Waals surface area contributed by atoms with Gasteiger partial charge in [-0.15, -0.1) is 0 Å². The van der Waals surface area contributed by atoms with Crippen LogP contribution in [0, 0.1) is 45.3 Å². The van der Waals surface area contributed by atoms with Crippen LogP contribution in [0.1, 0.15) is 126 Å². The molecule has 1 aliphatic heterocycles. The number of esters is 1. The van der Waals surface area contributed by atoms with E-state index >= 15 is 0 Å². The van der Waals surface area contributed by atoms with Crippen LogP contribution < -0.4 is 0 Å². The van der Waals surface area contributed by atoms with Crippen LogP contribution in [0.5, 0.6) is 0 Å². The highest BCUT2D eigenvalue weighted by atomic mass is 16.6. The molecule has 5 aliphatic carbocycles. The Kier molecular flexibility index (Phi) is 6.46. The fourth-order valence-corrected chi connectivity index (χ4v) is 11.7. The predicted molar refractivity (Wildman–Crippen MR) is 149 cm³/mol. The third-order valence-electron chi connectivity index (χ3n) is 13.6. The number of carbonyl (C=O) groups excluding carboxylic acids is 1. The van der Waals surface area contributed by atoms with E-state index in [1.54, 1.807) is 13.8 Å². The highest BCUT2D eigenvalue weighted by Crippen LogP contribution is 2.87. The van der Waals surface area contributed by atoms with Gasteiger partial charge in [-0.25, -0.2) is 0 Å². The van der Waals surface area contributed by atoms with E-state index in [1.807, 2.05) is 0 Å². The quantitative estimate of drug-likeness (QED) is 0.374. The SMILES string of the molecule is CCCCC(=O)O[C@@H](C1CCC2C(CC3C4CCC5C(C)(C)[C@@H](O)CC[C@@]56C[C@@]46CCC23C)O1)C(C)(C)O.[HH]. The average molecular weight is 533 g/mol. The first-order valence-electron chi connectivity index (χ1n) is 16.1. The van der Waals surface area contributed by atoms with Crippen molar-refractivity contribution in [1.29, 1.82) is 0 Å². The summed E-state index contributed by atoms with van der Waals surface area (Å²) in [5.41, 5.74) is 0.197. The molecule has 6 fully saturated rings. The van der Waals surface area contributed by atoms with Crippen molar-refractivity contribution < 1.29 is 25.9 Å². The lowest BCUT2D eigenvalue weighted by atomic mass is 9.46. The van der Waals surface area contributed by atoms with Crippen LogP contribution in [-0.4, -0.2) is 46.2 Å². The number of ether oxygens (including phenoxy) is 2. The number of unbranched alkanes of at least 4 members (excludes halogenated alkanes) is 1. The van der Waals surface area contributed by atoms with Crippen molar-refractivity contribution in [1.82, 2.24) is 0 Å². The van der Waals surface area contributed by atoms with Crippen molar-refractivity contribution >= 4 is 5.97 Å². The Morgan fingerprint density at radius 3 is 2.47 bits per heavy atom. The second kappa shape index (κ2) is 8.92. The average Bonchev–Trinajstić information content (AvgIpc) is 3.43. The van der Waals surface area contributed by atoms with Crippen LogP contribution in [0.3, 0.4) is 0 Å². The molecule has 2 N–H and O–H groups in total. The molecule has 5 nitrogen and oxygen atoms in total. The molecule has 11 atom stereocenters. The molecule has 0 aromatic heterocycles. The van der Waals surface area contributed by atoms with Crippen molar-refractivity contribution in [2.24, 2.45) is 45.3 Å². The summed E-state index contributed by atoms with van der Waals surface area (Å²) in [7, 11) is 0. The third kappa shape index (κ3) is 3.76. The molecule has 38 heavy (non-hydrogen) atoms. The Hall–Kier alpha value is -0.650. The lowest BCUT2D eigenvalue weighted by molar-refractivity contribution is -0.202. The third-order valence-corrected chi connectivity index (χ3v) is 13.6. The molecule has 5 saturated carbocycles. The summed E-state index contributed by atoms with van der Waals surface area (Å²) >= 11 is 0. The largest absolute Gasteiger partial charge is 0.457 e. The second-order valence-corrected chi connectivity index (χ2v) is 16.0. The molecule has 218 valence electrons. The van der Waals surface area contributed by atoms with Gasteiger partial charge in [0.05, 0.1) is 23.9 Å². The second-order valence-electron chi connectivity index (χ2n) is 16.0. The molecule has 2 spiro atoms. The van der Waals surface area contributed by atoms with Gasteiger partial charge >= 0.3 is 5.97 Å². The molecule has 1 saturated heterocycles. The number of rotatable bonds is 6. The number of aliphatic hydroxyl groups excluding tert-OH is 1. The zero-order valence-electron chi connectivity index (χ0n) is 24.9. The van der Waals surface area contributed by atoms with Gasteiger partial charge in [-0.3, -0.25) is 4.79 Å². The van der Waals surface area contributed by atoms with Gasteiger partial charge in [0.1, 0.15) is 0 Å². The van der Waals surface area contributed by atoms with Crippen molar-refractivity contribution in [2.75, 3.05) is 0 Å². The minimum Gasteiger partial charge on any atom is -0.457 e. The Balaban J connectivity index is 0.00000308. The normalized spacial score (nSPS) is 49.5. The van der Waals surface area contributed by atoms with Gasteiger partial charge in [0.25, 0.3) is 0 Å². The van der Waals surface area contributed by atoms with Gasteiger partial charge in [-0.2, -0.15) is 0 Å². The Bertz CT molecular complexity index is 945. The van der Waals surface area contributed by atoms with Crippen LogP contribution in [0.2, 0.25) is 0 Å². The molecule has 7 unspecified atom stereocenters. The van der Waals surface area contributed by atoms with Gasteiger partial charge in [-0.1, -0.05) is 34.1 Å². The van der Waals surface area contributed by atoms with E-state index in [9.17, 15) is 15.0 Å². The molecule has 0 radical (unpaired) electrons. The van der Waals surface area contributed by atoms with E-state index in [-0.39, 0.29) is 31.1 Å². The Labute approximate surface area is 232 Å². The molecule has 0 aromatic carbocycles. The van der Waals surface area contributed by atoms with Crippen LogP contribution in [0.25, 0.3) is 0 Å². The summed E-state index contributed by atoms with van der Waals surface area (Å²) in [6.07, 6.45) is 13.3. The summed E-state index contributed by atoms with van der Waals surface area (Å²) in [6.45, 7) is 12.8. The molecule has 0 amide bonds. The number of hydrogen-bond acceptors (Lipinski definition) is 5. The first-order chi connectivity index (χ1) is 17.8. The smallest absolute Gasteiger partial charge is 0.306 e. The minimum atomic E-state index is -1.13. The summed E-state index contributed by atoms with van der Waals surface area (Å²) in [4.78, 5) is 12.6. The number of carbonyl (C=O) groups is 1. The first-order valence-corrected chi connectivity index (χ1v) is 16.1. The fourth-order valence-electron chi connectivity index (χ4n) is 11.7. The maximum Gasteiger partial charge on any atom is 0.306 e. The number of fused-ring (bicyclic) bond motifs is 4. The molecule has 6 rings (SSSR count). The molecule has 0 bridgehead atoms. The van der Waals surface area contributed by atoms with Crippen LogP contribution in [0.4, 0.5) is 0 Å². The van der Waals surface area contributed by atoms with Crippen LogP contribution in [-0.2, 0) is 14.3 Å². The Morgan fingerprint density at radius 2 is 1.76 bits per heavy atom. The molecule has 6 aliphatic rings. The van der Waals surface area contributed by atoms with Gasteiger partial charge in [-0.05, 0) is 130 Å². The summed E-state index contributed by atoms with van der Waals surface area (Å²) in [5, 5.41) is 21.9. The van der Waals surface area contributed by atoms with E-state index in [0.717, 1.165) is 44.4 Å². The molecular formula is C33H56O5. The van der Waals surface area contributed by atoms with E-state index in [2.05, 4.69) is 27.7 Å². The summed E-state index contributed by atoms with van der Waals surface area (Å²) in [6, 6.07) is 0. The zero-order chi connectivity index (χ0) is 27.3. The predicted octanol–water partition coefficient (Wildman–Crippen LogP) is 6.67. The lowest BCUT2D eigenvalue weighted by Crippen LogP contribution is -2.54. The van der Waals surface area contributed by atoms with E-state index in [1.165, 1.54) is 38.5 Å². The van der Waals surface area contributed by atoms with Gasteiger partial charge < -0.3 is 19.7 Å². The highest BCUT2D eigenvalue weighted by Gasteiger charge is 2.80. The summed E-state index contributed by atoms with van der Waals surface area (Å²) in [5.74, 6) is 2.51. The highest BCUT2D eigenvalue weighted by molar-refractivity contribution is 5.69. The minimum absolute atomic E-state index is 0. The molecular weight excluding hydrogens is 476 g/mol. The van der Waals surface area contributed by atoms with Crippen molar-refractivity contribution in [2.45, 2.75) is 155 Å². The van der Waals surface area contributed by atoms with Crippen LogP contribution >= 0.6 is 0 Å². The van der Waals surface area contributed by atoms with Crippen molar-refractivity contribution in [3.05, 3.63) is 0 Å². The topological polar surface area (TPSA) is 76.0 Å². The van der Waals surface area contributed by atoms with Gasteiger partial charge in [0, 0.05) is 7.85 Å². The molecule has 0 aromatic rings. The summed E-state index contributed by atoms with van der Waals surface area (Å²) < 4.78 is 12.8. The van der Waals surface area contributed by atoms with E-state index in [0.29, 0.717) is 40.4 Å². The zero-order valence-corrected chi connectivity index (χ0v) is 24.9. The van der Waals surface area contributed by atoms with Crippen molar-refractivity contribution in [3.63, 3.8) is 0 Å². The van der Waals surface area contributed by atoms with E-state index in [4.69, 9.17) is 9.47 Å². The first kappa shape index (κ1) is 27.5. The monoisotopic (exact) mass is 532 g/mol. The molecule has 5 heteroatoms. The maximum atomic E-state index is 12.6. The lowest BCUT2D eigenvalue weighted by Gasteiger charge is -2.59. The molecule has 1 heterocycles. The Morgan fingerprint density at radius 1 is 1.03 bits per heavy atom. The van der Waals surface area contributed by atoms with Crippen LogP contribution in [0.15, 0.2) is 0 Å². The number of aliphatic hydroxyl groups is 2. The van der Waals surface area contributed by atoms with Gasteiger partial charge in [0.2, 0.25) is 0 Å². The fraction of sp³-hybridized carbons (Fsp3) is 0.970. The van der Waals surface area contributed by atoms with Gasteiger partial charge in [0.15, 0.2) is 6.10 Å². The van der Waals surface area contributed by atoms with Crippen molar-refractivity contribution in [3.8, 4) is 0 Å². The standard InChI is InChI=1S/C33H54O5.H2/c1-7-8-9-27(35)38-28(30(4,5)36)23-12-10-21-24(37-23)18-22-20-11-13-25-29(2,3)26(34)14-15-33(25)19-32(20,33)17-16-31(21,22)6;/h20-26,28,34,36H,7-19H2,1-6H3;1H/t20?,21?,22?,23?,24?,25?,26-,28-,31?,32-,33+;/m0./s1.